The second-order valence-electron chi connectivity index (χ2n) is 4.07. The van der Waals surface area contributed by atoms with Gasteiger partial charge in [-0.15, -0.1) is 0 Å². The Bertz CT molecular complexity index is 366. The van der Waals surface area contributed by atoms with Gasteiger partial charge < -0.3 is 15.7 Å². The molecule has 0 saturated carbocycles. The molecule has 17 heavy (non-hydrogen) atoms. The minimum Gasteiger partial charge on any atom is -0.508 e. The molecule has 0 aliphatic heterocycles. The van der Waals surface area contributed by atoms with Crippen LogP contribution >= 0.6 is 0 Å². The van der Waals surface area contributed by atoms with E-state index in [9.17, 15) is 9.90 Å². The molecular weight excluding hydrogens is 216 g/mol. The Balaban J connectivity index is 2.43. The highest BCUT2D eigenvalue weighted by atomic mass is 16.3. The summed E-state index contributed by atoms with van der Waals surface area (Å²) >= 11 is 0. The topological polar surface area (TPSA) is 61.4 Å². The van der Waals surface area contributed by atoms with Gasteiger partial charge in [-0.05, 0) is 31.0 Å². The summed E-state index contributed by atoms with van der Waals surface area (Å²) in [5, 5.41) is 14.9. The number of benzene rings is 1. The van der Waals surface area contributed by atoms with Crippen LogP contribution in [-0.4, -0.2) is 17.7 Å². The first kappa shape index (κ1) is 13.4. The number of unbranched alkanes of at least 4 members (excludes halogenated alkanes) is 1. The van der Waals surface area contributed by atoms with Gasteiger partial charge in [-0.2, -0.15) is 0 Å². The number of aromatic hydroxyl groups is 1. The number of hydrogen-bond donors (Lipinski definition) is 3. The van der Waals surface area contributed by atoms with Crippen LogP contribution in [0.5, 0.6) is 5.75 Å². The highest BCUT2D eigenvalue weighted by Crippen LogP contribution is 2.17. The van der Waals surface area contributed by atoms with Gasteiger partial charge >= 0.3 is 6.03 Å². The number of phenolic OH excluding ortho intramolecular Hbond substituents is 1. The lowest BCUT2D eigenvalue weighted by molar-refractivity contribution is 0.237. The maximum absolute atomic E-state index is 11.5. The molecule has 0 radical (unpaired) electrons. The molecule has 2 amide bonds. The van der Waals surface area contributed by atoms with Crippen LogP contribution in [-0.2, 0) is 0 Å². The van der Waals surface area contributed by atoms with E-state index < -0.39 is 0 Å². The summed E-state index contributed by atoms with van der Waals surface area (Å²) in [5.41, 5.74) is 0.885. The van der Waals surface area contributed by atoms with Gasteiger partial charge in [0.25, 0.3) is 0 Å². The number of phenols is 1. The minimum atomic E-state index is -0.172. The van der Waals surface area contributed by atoms with Crippen molar-refractivity contribution in [2.24, 2.45) is 0 Å². The first-order chi connectivity index (χ1) is 8.13. The summed E-state index contributed by atoms with van der Waals surface area (Å²) < 4.78 is 0. The molecule has 0 fully saturated rings. The molecule has 3 N–H and O–H groups in total. The Labute approximate surface area is 102 Å². The van der Waals surface area contributed by atoms with Crippen LogP contribution in [0.1, 0.15) is 38.3 Å². The first-order valence-electron chi connectivity index (χ1n) is 5.96. The summed E-state index contributed by atoms with van der Waals surface area (Å²) in [5.74, 6) is 0.211. The zero-order valence-corrected chi connectivity index (χ0v) is 10.4. The van der Waals surface area contributed by atoms with Gasteiger partial charge in [0.2, 0.25) is 0 Å². The largest absolute Gasteiger partial charge is 0.508 e. The second kappa shape index (κ2) is 6.78. The molecule has 4 heteroatoms. The average Bonchev–Trinajstić information content (AvgIpc) is 2.29. The van der Waals surface area contributed by atoms with E-state index in [0.717, 1.165) is 18.4 Å². The van der Waals surface area contributed by atoms with Crippen LogP contribution in [0.2, 0.25) is 0 Å². The summed E-state index contributed by atoms with van der Waals surface area (Å²) in [4.78, 5) is 11.5. The van der Waals surface area contributed by atoms with Crippen molar-refractivity contribution in [3.05, 3.63) is 29.8 Å². The van der Waals surface area contributed by atoms with Crippen molar-refractivity contribution >= 4 is 6.03 Å². The zero-order valence-electron chi connectivity index (χ0n) is 10.4. The van der Waals surface area contributed by atoms with Crippen LogP contribution in [0.15, 0.2) is 24.3 Å². The molecule has 1 rings (SSSR count). The summed E-state index contributed by atoms with van der Waals surface area (Å²) in [7, 11) is 0. The SMILES string of the molecule is CCCCNC(=O)N[C@@H](C)c1cccc(O)c1. The van der Waals surface area contributed by atoms with Gasteiger partial charge in [0.15, 0.2) is 0 Å². The molecule has 0 saturated heterocycles. The van der Waals surface area contributed by atoms with Gasteiger partial charge in [0.05, 0.1) is 6.04 Å². The number of nitrogens with one attached hydrogen (secondary N) is 2. The van der Waals surface area contributed by atoms with E-state index in [1.54, 1.807) is 18.2 Å². The predicted molar refractivity (Wildman–Crippen MR) is 68.0 cm³/mol. The first-order valence-corrected chi connectivity index (χ1v) is 5.96. The average molecular weight is 236 g/mol. The Hall–Kier alpha value is -1.71. The number of carbonyl (C=O) groups excluding carboxylic acids is 1. The molecule has 0 aromatic heterocycles. The standard InChI is InChI=1S/C13H20N2O2/c1-3-4-8-14-13(17)15-10(2)11-6-5-7-12(16)9-11/h5-7,9-10,16H,3-4,8H2,1-2H3,(H2,14,15,17)/t10-/m0/s1. The number of rotatable bonds is 5. The van der Waals surface area contributed by atoms with E-state index in [1.165, 1.54) is 0 Å². The van der Waals surface area contributed by atoms with Crippen LogP contribution in [0.25, 0.3) is 0 Å². The summed E-state index contributed by atoms with van der Waals surface area (Å²) in [6.07, 6.45) is 2.04. The lowest BCUT2D eigenvalue weighted by Crippen LogP contribution is -2.37. The summed E-state index contributed by atoms with van der Waals surface area (Å²) in [6.45, 7) is 4.65. The summed E-state index contributed by atoms with van der Waals surface area (Å²) in [6, 6.07) is 6.60. The number of carbonyl (C=O) groups is 1. The van der Waals surface area contributed by atoms with Crippen molar-refractivity contribution in [1.82, 2.24) is 10.6 Å². The van der Waals surface area contributed by atoms with Crippen LogP contribution in [0.3, 0.4) is 0 Å². The molecule has 0 aliphatic carbocycles. The molecule has 0 spiro atoms. The zero-order chi connectivity index (χ0) is 12.7. The Kier molecular flexibility index (Phi) is 5.33. The highest BCUT2D eigenvalue weighted by molar-refractivity contribution is 5.74. The molecule has 1 atom stereocenters. The van der Waals surface area contributed by atoms with Crippen molar-refractivity contribution in [2.45, 2.75) is 32.7 Å². The molecule has 0 bridgehead atoms. The number of hydrogen-bond acceptors (Lipinski definition) is 2. The van der Waals surface area contributed by atoms with Crippen molar-refractivity contribution in [3.8, 4) is 5.75 Å². The smallest absolute Gasteiger partial charge is 0.315 e. The molecule has 0 aliphatic rings. The van der Waals surface area contributed by atoms with Gasteiger partial charge in [0, 0.05) is 6.54 Å². The van der Waals surface area contributed by atoms with Crippen LogP contribution in [0, 0.1) is 0 Å². The third-order valence-electron chi connectivity index (χ3n) is 2.53. The highest BCUT2D eigenvalue weighted by Gasteiger charge is 2.08. The number of urea groups is 1. The monoisotopic (exact) mass is 236 g/mol. The van der Waals surface area contributed by atoms with Gasteiger partial charge in [-0.3, -0.25) is 0 Å². The van der Waals surface area contributed by atoms with Crippen LogP contribution in [0.4, 0.5) is 4.79 Å². The third-order valence-corrected chi connectivity index (χ3v) is 2.53. The van der Waals surface area contributed by atoms with E-state index in [0.29, 0.717) is 6.54 Å². The second-order valence-corrected chi connectivity index (χ2v) is 4.07. The Morgan fingerprint density at radius 2 is 2.24 bits per heavy atom. The van der Waals surface area contributed by atoms with E-state index >= 15 is 0 Å². The van der Waals surface area contributed by atoms with Gasteiger partial charge in [-0.1, -0.05) is 25.5 Å². The lowest BCUT2D eigenvalue weighted by atomic mass is 10.1. The van der Waals surface area contributed by atoms with Crippen molar-refractivity contribution < 1.29 is 9.90 Å². The molecule has 1 aromatic rings. The van der Waals surface area contributed by atoms with E-state index in [2.05, 4.69) is 17.6 Å². The molecular formula is C13H20N2O2. The fourth-order valence-electron chi connectivity index (χ4n) is 1.50. The normalized spacial score (nSPS) is 11.9. The fraction of sp³-hybridized carbons (Fsp3) is 0.462. The van der Waals surface area contributed by atoms with E-state index in [-0.39, 0.29) is 17.8 Å². The van der Waals surface area contributed by atoms with Gasteiger partial charge in [0.1, 0.15) is 5.75 Å². The maximum Gasteiger partial charge on any atom is 0.315 e. The van der Waals surface area contributed by atoms with Crippen molar-refractivity contribution in [3.63, 3.8) is 0 Å². The minimum absolute atomic E-state index is 0.122. The van der Waals surface area contributed by atoms with Crippen molar-refractivity contribution in [2.75, 3.05) is 6.54 Å². The fourth-order valence-corrected chi connectivity index (χ4v) is 1.50. The molecule has 4 nitrogen and oxygen atoms in total. The Morgan fingerprint density at radius 3 is 2.88 bits per heavy atom. The maximum atomic E-state index is 11.5. The molecule has 0 unspecified atom stereocenters. The quantitative estimate of drug-likeness (QED) is 0.688. The van der Waals surface area contributed by atoms with Crippen LogP contribution < -0.4 is 10.6 Å². The van der Waals surface area contributed by atoms with E-state index in [4.69, 9.17) is 0 Å². The lowest BCUT2D eigenvalue weighted by Gasteiger charge is -2.15. The van der Waals surface area contributed by atoms with Gasteiger partial charge in [-0.25, -0.2) is 4.79 Å². The number of amides is 2. The van der Waals surface area contributed by atoms with Crippen molar-refractivity contribution in [1.29, 1.82) is 0 Å². The Morgan fingerprint density at radius 1 is 1.47 bits per heavy atom. The van der Waals surface area contributed by atoms with E-state index in [1.807, 2.05) is 13.0 Å². The molecule has 94 valence electrons. The predicted octanol–water partition coefficient (Wildman–Crippen LogP) is 2.55. The molecule has 0 heterocycles. The third kappa shape index (κ3) is 4.76. The molecule has 1 aromatic carbocycles.